The van der Waals surface area contributed by atoms with Gasteiger partial charge in [0, 0.05) is 6.07 Å². The maximum absolute atomic E-state index is 13.4. The number of carbonyl (C=O) groups excluding carboxylic acids is 1. The van der Waals surface area contributed by atoms with Gasteiger partial charge in [0.2, 0.25) is 5.95 Å². The Morgan fingerprint density at radius 3 is 2.90 bits per heavy atom. The molecule has 1 aromatic carbocycles. The summed E-state index contributed by atoms with van der Waals surface area (Å²) in [5, 5.41) is 8.64. The molecular weight excluding hydrogens is 284 g/mol. The first-order valence-corrected chi connectivity index (χ1v) is 6.02. The molecule has 0 aliphatic heterocycles. The van der Waals surface area contributed by atoms with Crippen molar-refractivity contribution in [3.05, 3.63) is 35.7 Å². The fourth-order valence-corrected chi connectivity index (χ4v) is 1.52. The van der Waals surface area contributed by atoms with Crippen LogP contribution in [-0.4, -0.2) is 27.2 Å². The van der Waals surface area contributed by atoms with Crippen LogP contribution >= 0.6 is 0 Å². The van der Waals surface area contributed by atoms with Crippen molar-refractivity contribution in [2.24, 2.45) is 0 Å². The number of nitrogens with two attached hydrogens (primary N) is 1. The predicted molar refractivity (Wildman–Crippen MR) is 69.1 cm³/mol. The Hall–Kier alpha value is -2.71. The number of nitrogens with one attached hydrogen (secondary N) is 2. The van der Waals surface area contributed by atoms with Gasteiger partial charge >= 0.3 is 0 Å². The van der Waals surface area contributed by atoms with E-state index >= 15 is 0 Å². The van der Waals surface area contributed by atoms with Crippen LogP contribution in [-0.2, 0) is 11.3 Å². The largest absolute Gasteiger partial charge is 0.478 e. The quantitative estimate of drug-likeness (QED) is 0.755. The van der Waals surface area contributed by atoms with Gasteiger partial charge in [0.1, 0.15) is 11.6 Å². The Labute approximate surface area is 118 Å². The summed E-state index contributed by atoms with van der Waals surface area (Å²) >= 11 is 0. The summed E-state index contributed by atoms with van der Waals surface area (Å²) in [7, 11) is 0. The van der Waals surface area contributed by atoms with E-state index in [1.807, 2.05) is 0 Å². The zero-order valence-corrected chi connectivity index (χ0v) is 11.1. The molecule has 0 radical (unpaired) electrons. The SMILES string of the molecule is CC(Oc1ccc(F)cc1F)C(=O)NCc1nc(N)n[nH]1. The fraction of sp³-hybridized carbons (Fsp3) is 0.250. The first kappa shape index (κ1) is 14.7. The van der Waals surface area contributed by atoms with Gasteiger partial charge in [-0.15, -0.1) is 5.10 Å². The van der Waals surface area contributed by atoms with Crippen molar-refractivity contribution in [2.45, 2.75) is 19.6 Å². The third kappa shape index (κ3) is 3.88. The van der Waals surface area contributed by atoms with Crippen LogP contribution in [0.15, 0.2) is 18.2 Å². The first-order chi connectivity index (χ1) is 9.95. The van der Waals surface area contributed by atoms with Gasteiger partial charge in [-0.3, -0.25) is 9.89 Å². The zero-order valence-electron chi connectivity index (χ0n) is 11.1. The average molecular weight is 297 g/mol. The minimum absolute atomic E-state index is 0.0666. The maximum Gasteiger partial charge on any atom is 0.261 e. The second-order valence-corrected chi connectivity index (χ2v) is 4.19. The van der Waals surface area contributed by atoms with Crippen molar-refractivity contribution >= 4 is 11.9 Å². The minimum atomic E-state index is -0.967. The lowest BCUT2D eigenvalue weighted by Crippen LogP contribution is -2.36. The van der Waals surface area contributed by atoms with Crippen molar-refractivity contribution in [2.75, 3.05) is 5.73 Å². The van der Waals surface area contributed by atoms with Gasteiger partial charge < -0.3 is 15.8 Å². The van der Waals surface area contributed by atoms with Crippen molar-refractivity contribution in [1.29, 1.82) is 0 Å². The highest BCUT2D eigenvalue weighted by Crippen LogP contribution is 2.18. The molecular formula is C12H13F2N5O2. The van der Waals surface area contributed by atoms with E-state index in [0.717, 1.165) is 12.1 Å². The van der Waals surface area contributed by atoms with Gasteiger partial charge in [-0.25, -0.2) is 8.78 Å². The van der Waals surface area contributed by atoms with Crippen molar-refractivity contribution < 1.29 is 18.3 Å². The van der Waals surface area contributed by atoms with Crippen molar-refractivity contribution in [1.82, 2.24) is 20.5 Å². The lowest BCUT2D eigenvalue weighted by atomic mass is 10.3. The molecule has 2 aromatic rings. The number of carbonyl (C=O) groups is 1. The van der Waals surface area contributed by atoms with Gasteiger partial charge in [-0.05, 0) is 19.1 Å². The van der Waals surface area contributed by atoms with E-state index in [2.05, 4.69) is 20.5 Å². The molecule has 1 unspecified atom stereocenters. The van der Waals surface area contributed by atoms with Crippen molar-refractivity contribution in [3.8, 4) is 5.75 Å². The van der Waals surface area contributed by atoms with Crippen LogP contribution < -0.4 is 15.8 Å². The molecule has 0 saturated carbocycles. The molecule has 0 aliphatic rings. The number of hydrogen-bond donors (Lipinski definition) is 3. The van der Waals surface area contributed by atoms with Crippen LogP contribution in [0.2, 0.25) is 0 Å². The molecule has 4 N–H and O–H groups in total. The minimum Gasteiger partial charge on any atom is -0.478 e. The molecule has 1 atom stereocenters. The highest BCUT2D eigenvalue weighted by Gasteiger charge is 2.17. The van der Waals surface area contributed by atoms with E-state index in [4.69, 9.17) is 10.5 Å². The normalized spacial score (nSPS) is 12.0. The third-order valence-corrected chi connectivity index (χ3v) is 2.55. The smallest absolute Gasteiger partial charge is 0.261 e. The summed E-state index contributed by atoms with van der Waals surface area (Å²) < 4.78 is 31.3. The molecule has 0 saturated heterocycles. The van der Waals surface area contributed by atoms with Gasteiger partial charge in [-0.1, -0.05) is 0 Å². The zero-order chi connectivity index (χ0) is 15.4. The number of anilines is 1. The van der Waals surface area contributed by atoms with Gasteiger partial charge in [0.25, 0.3) is 5.91 Å². The number of benzene rings is 1. The summed E-state index contributed by atoms with van der Waals surface area (Å²) in [4.78, 5) is 15.6. The van der Waals surface area contributed by atoms with Crippen LogP contribution in [0.25, 0.3) is 0 Å². The Bertz CT molecular complexity index is 646. The lowest BCUT2D eigenvalue weighted by molar-refractivity contribution is -0.127. The van der Waals surface area contributed by atoms with Gasteiger partial charge in [0.15, 0.2) is 17.7 Å². The number of aromatic nitrogens is 3. The van der Waals surface area contributed by atoms with E-state index in [1.165, 1.54) is 6.92 Å². The highest BCUT2D eigenvalue weighted by atomic mass is 19.1. The summed E-state index contributed by atoms with van der Waals surface area (Å²) in [5.41, 5.74) is 5.31. The topological polar surface area (TPSA) is 106 Å². The van der Waals surface area contributed by atoms with E-state index in [9.17, 15) is 13.6 Å². The standard InChI is InChI=1S/C12H13F2N5O2/c1-6(21-9-3-2-7(13)4-8(9)14)11(20)16-5-10-17-12(15)19-18-10/h2-4,6H,5H2,1H3,(H,16,20)(H3,15,17,18,19). The molecule has 112 valence electrons. The maximum atomic E-state index is 13.4. The molecule has 21 heavy (non-hydrogen) atoms. The van der Waals surface area contributed by atoms with Crippen molar-refractivity contribution in [3.63, 3.8) is 0 Å². The number of halogens is 2. The summed E-state index contributed by atoms with van der Waals surface area (Å²) in [5.74, 6) is -1.85. The predicted octanol–water partition coefficient (Wildman–Crippen LogP) is 0.749. The summed E-state index contributed by atoms with van der Waals surface area (Å²) in [6.45, 7) is 1.51. The summed E-state index contributed by atoms with van der Waals surface area (Å²) in [6, 6.07) is 2.84. The molecule has 9 heteroatoms. The molecule has 1 heterocycles. The van der Waals surface area contributed by atoms with Crippen LogP contribution in [0, 0.1) is 11.6 Å². The molecule has 2 rings (SSSR count). The Kier molecular flexibility index (Phi) is 4.31. The van der Waals surface area contributed by atoms with Crippen LogP contribution in [0.3, 0.4) is 0 Å². The number of nitrogen functional groups attached to an aromatic ring is 1. The Balaban J connectivity index is 1.90. The lowest BCUT2D eigenvalue weighted by Gasteiger charge is -2.14. The van der Waals surface area contributed by atoms with E-state index in [-0.39, 0.29) is 18.2 Å². The molecule has 0 fully saturated rings. The highest BCUT2D eigenvalue weighted by molar-refractivity contribution is 5.80. The van der Waals surface area contributed by atoms with Crippen LogP contribution in [0.1, 0.15) is 12.7 Å². The number of hydrogen-bond acceptors (Lipinski definition) is 5. The van der Waals surface area contributed by atoms with E-state index in [0.29, 0.717) is 11.9 Å². The van der Waals surface area contributed by atoms with E-state index < -0.39 is 23.6 Å². The van der Waals surface area contributed by atoms with Gasteiger partial charge in [0.05, 0.1) is 6.54 Å². The Morgan fingerprint density at radius 1 is 1.52 bits per heavy atom. The fourth-order valence-electron chi connectivity index (χ4n) is 1.52. The number of ether oxygens (including phenoxy) is 1. The number of aromatic amines is 1. The van der Waals surface area contributed by atoms with Gasteiger partial charge in [-0.2, -0.15) is 4.98 Å². The number of amides is 1. The van der Waals surface area contributed by atoms with Crippen LogP contribution in [0.4, 0.5) is 14.7 Å². The monoisotopic (exact) mass is 297 g/mol. The van der Waals surface area contributed by atoms with Crippen LogP contribution in [0.5, 0.6) is 5.75 Å². The Morgan fingerprint density at radius 2 is 2.29 bits per heavy atom. The average Bonchev–Trinajstić information content (AvgIpc) is 2.85. The second kappa shape index (κ2) is 6.16. The first-order valence-electron chi connectivity index (χ1n) is 6.02. The molecule has 0 spiro atoms. The molecule has 1 amide bonds. The molecule has 0 aliphatic carbocycles. The number of H-pyrrole nitrogens is 1. The molecule has 7 nitrogen and oxygen atoms in total. The summed E-state index contributed by atoms with van der Waals surface area (Å²) in [6.07, 6.45) is -0.967. The third-order valence-electron chi connectivity index (χ3n) is 2.55. The number of nitrogens with zero attached hydrogens (tertiary/aromatic N) is 2. The number of rotatable bonds is 5. The second-order valence-electron chi connectivity index (χ2n) is 4.19. The molecule has 0 bridgehead atoms. The molecule has 1 aromatic heterocycles. The van der Waals surface area contributed by atoms with E-state index in [1.54, 1.807) is 0 Å².